The summed E-state index contributed by atoms with van der Waals surface area (Å²) in [6.45, 7) is 4.65. The van der Waals surface area contributed by atoms with Crippen LogP contribution in [0.1, 0.15) is 19.4 Å². The fraction of sp³-hybridized carbons (Fsp3) is 0.462. The van der Waals surface area contributed by atoms with Crippen LogP contribution in [0, 0.1) is 5.92 Å². The first-order valence-electron chi connectivity index (χ1n) is 5.75. The molecule has 0 aromatic heterocycles. The SMILES string of the molecule is CC(C)[C@@H](C(N)=O)N(C)Cc1cccc(N)c1. The Morgan fingerprint density at radius 3 is 2.53 bits per heavy atom. The van der Waals surface area contributed by atoms with Crippen molar-refractivity contribution in [3.05, 3.63) is 29.8 Å². The topological polar surface area (TPSA) is 72.4 Å². The van der Waals surface area contributed by atoms with Crippen molar-refractivity contribution in [3.63, 3.8) is 0 Å². The van der Waals surface area contributed by atoms with Crippen LogP contribution in [0.15, 0.2) is 24.3 Å². The van der Waals surface area contributed by atoms with Gasteiger partial charge in [0.2, 0.25) is 5.91 Å². The number of hydrogen-bond donors (Lipinski definition) is 2. The molecule has 1 aromatic rings. The summed E-state index contributed by atoms with van der Waals surface area (Å²) in [4.78, 5) is 13.4. The van der Waals surface area contributed by atoms with Gasteiger partial charge in [0.1, 0.15) is 0 Å². The minimum atomic E-state index is -0.286. The van der Waals surface area contributed by atoms with Crippen LogP contribution in [0.3, 0.4) is 0 Å². The van der Waals surface area contributed by atoms with Gasteiger partial charge in [0.05, 0.1) is 6.04 Å². The van der Waals surface area contributed by atoms with Crippen molar-refractivity contribution >= 4 is 11.6 Å². The number of nitrogens with two attached hydrogens (primary N) is 2. The largest absolute Gasteiger partial charge is 0.399 e. The van der Waals surface area contributed by atoms with Crippen molar-refractivity contribution in [1.29, 1.82) is 0 Å². The van der Waals surface area contributed by atoms with E-state index in [1.165, 1.54) is 0 Å². The van der Waals surface area contributed by atoms with Gasteiger partial charge in [-0.1, -0.05) is 26.0 Å². The first kappa shape index (κ1) is 13.5. The van der Waals surface area contributed by atoms with Crippen molar-refractivity contribution in [3.8, 4) is 0 Å². The molecule has 1 atom stereocenters. The Hall–Kier alpha value is -1.55. The molecular weight excluding hydrogens is 214 g/mol. The Kier molecular flexibility index (Phi) is 4.52. The molecule has 0 aliphatic carbocycles. The average Bonchev–Trinajstić information content (AvgIpc) is 2.15. The number of hydrogen-bond acceptors (Lipinski definition) is 3. The fourth-order valence-electron chi connectivity index (χ4n) is 2.13. The van der Waals surface area contributed by atoms with E-state index in [-0.39, 0.29) is 17.9 Å². The molecule has 0 saturated heterocycles. The normalized spacial score (nSPS) is 13.0. The van der Waals surface area contributed by atoms with Gasteiger partial charge < -0.3 is 11.5 Å². The Labute approximate surface area is 103 Å². The molecule has 0 saturated carbocycles. The summed E-state index contributed by atoms with van der Waals surface area (Å²) < 4.78 is 0. The van der Waals surface area contributed by atoms with E-state index >= 15 is 0 Å². The molecule has 4 nitrogen and oxygen atoms in total. The first-order valence-corrected chi connectivity index (χ1v) is 5.75. The monoisotopic (exact) mass is 235 g/mol. The highest BCUT2D eigenvalue weighted by atomic mass is 16.1. The van der Waals surface area contributed by atoms with Gasteiger partial charge in [0, 0.05) is 12.2 Å². The molecule has 0 aliphatic heterocycles. The number of amides is 1. The van der Waals surface area contributed by atoms with E-state index in [2.05, 4.69) is 0 Å². The standard InChI is InChI=1S/C13H21N3O/c1-9(2)12(13(15)17)16(3)8-10-5-4-6-11(14)7-10/h4-7,9,12H,8,14H2,1-3H3,(H2,15,17)/t12-/m0/s1. The van der Waals surface area contributed by atoms with Gasteiger partial charge >= 0.3 is 0 Å². The lowest BCUT2D eigenvalue weighted by Gasteiger charge is -2.28. The molecule has 0 bridgehead atoms. The van der Waals surface area contributed by atoms with Gasteiger partial charge in [-0.2, -0.15) is 0 Å². The Morgan fingerprint density at radius 1 is 1.41 bits per heavy atom. The van der Waals surface area contributed by atoms with E-state index in [0.29, 0.717) is 6.54 Å². The highest BCUT2D eigenvalue weighted by Gasteiger charge is 2.24. The first-order chi connectivity index (χ1) is 7.91. The van der Waals surface area contributed by atoms with Crippen LogP contribution in [-0.4, -0.2) is 23.9 Å². The molecule has 0 unspecified atom stereocenters. The zero-order valence-electron chi connectivity index (χ0n) is 10.7. The maximum absolute atomic E-state index is 11.4. The Balaban J connectivity index is 2.76. The third-order valence-corrected chi connectivity index (χ3v) is 2.78. The second-order valence-corrected chi connectivity index (χ2v) is 4.75. The summed E-state index contributed by atoms with van der Waals surface area (Å²) in [5.74, 6) is -0.0926. The second kappa shape index (κ2) is 5.68. The summed E-state index contributed by atoms with van der Waals surface area (Å²) in [6, 6.07) is 7.40. The van der Waals surface area contributed by atoms with Crippen molar-refractivity contribution < 1.29 is 4.79 Å². The van der Waals surface area contributed by atoms with Crippen LogP contribution < -0.4 is 11.5 Å². The summed E-state index contributed by atoms with van der Waals surface area (Å²) in [5, 5.41) is 0. The zero-order valence-corrected chi connectivity index (χ0v) is 10.7. The van der Waals surface area contributed by atoms with Crippen molar-refractivity contribution in [2.45, 2.75) is 26.4 Å². The highest BCUT2D eigenvalue weighted by Crippen LogP contribution is 2.14. The molecule has 1 amide bonds. The molecule has 4 heteroatoms. The van der Waals surface area contributed by atoms with Crippen molar-refractivity contribution in [2.24, 2.45) is 11.7 Å². The van der Waals surface area contributed by atoms with Crippen molar-refractivity contribution in [1.82, 2.24) is 4.90 Å². The van der Waals surface area contributed by atoms with E-state index in [1.54, 1.807) is 0 Å². The molecule has 17 heavy (non-hydrogen) atoms. The number of nitrogen functional groups attached to an aromatic ring is 1. The number of carbonyl (C=O) groups is 1. The predicted octanol–water partition coefficient (Wildman–Crippen LogP) is 1.21. The van der Waals surface area contributed by atoms with Gasteiger partial charge in [0.25, 0.3) is 0 Å². The summed E-state index contributed by atoms with van der Waals surface area (Å²) in [7, 11) is 1.90. The zero-order chi connectivity index (χ0) is 13.0. The Morgan fingerprint density at radius 2 is 2.06 bits per heavy atom. The molecule has 1 rings (SSSR count). The maximum atomic E-state index is 11.4. The maximum Gasteiger partial charge on any atom is 0.235 e. The number of anilines is 1. The van der Waals surface area contributed by atoms with Crippen LogP contribution in [0.5, 0.6) is 0 Å². The van der Waals surface area contributed by atoms with E-state index in [0.717, 1.165) is 11.3 Å². The lowest BCUT2D eigenvalue weighted by molar-refractivity contribution is -0.124. The number of rotatable bonds is 5. The minimum Gasteiger partial charge on any atom is -0.399 e. The van der Waals surface area contributed by atoms with E-state index in [1.807, 2.05) is 50.1 Å². The van der Waals surface area contributed by atoms with Crippen LogP contribution in [0.2, 0.25) is 0 Å². The molecule has 0 heterocycles. The van der Waals surface area contributed by atoms with Gasteiger partial charge in [-0.15, -0.1) is 0 Å². The number of benzene rings is 1. The Bertz CT molecular complexity index is 390. The lowest BCUT2D eigenvalue weighted by Crippen LogP contribution is -2.45. The molecule has 0 spiro atoms. The summed E-state index contributed by atoms with van der Waals surface area (Å²) in [6.07, 6.45) is 0. The van der Waals surface area contributed by atoms with Crippen LogP contribution in [0.25, 0.3) is 0 Å². The number of nitrogens with zero attached hydrogens (tertiary/aromatic N) is 1. The molecule has 0 radical (unpaired) electrons. The number of primary amides is 1. The number of carbonyl (C=O) groups excluding carboxylic acids is 1. The quantitative estimate of drug-likeness (QED) is 0.753. The van der Waals surface area contributed by atoms with E-state index in [4.69, 9.17) is 11.5 Å². The second-order valence-electron chi connectivity index (χ2n) is 4.75. The summed E-state index contributed by atoms with van der Waals surface area (Å²) in [5.41, 5.74) is 13.0. The smallest absolute Gasteiger partial charge is 0.235 e. The van der Waals surface area contributed by atoms with Gasteiger partial charge in [0.15, 0.2) is 0 Å². The highest BCUT2D eigenvalue weighted by molar-refractivity contribution is 5.80. The van der Waals surface area contributed by atoms with Gasteiger partial charge in [-0.05, 0) is 30.7 Å². The predicted molar refractivity (Wildman–Crippen MR) is 70.1 cm³/mol. The third-order valence-electron chi connectivity index (χ3n) is 2.78. The van der Waals surface area contributed by atoms with E-state index < -0.39 is 0 Å². The molecule has 0 fully saturated rings. The molecule has 1 aromatic carbocycles. The van der Waals surface area contributed by atoms with Crippen LogP contribution in [0.4, 0.5) is 5.69 Å². The molecule has 0 aliphatic rings. The van der Waals surface area contributed by atoms with Gasteiger partial charge in [-0.3, -0.25) is 9.69 Å². The van der Waals surface area contributed by atoms with Crippen LogP contribution in [-0.2, 0) is 11.3 Å². The molecule has 4 N–H and O–H groups in total. The summed E-state index contributed by atoms with van der Waals surface area (Å²) >= 11 is 0. The van der Waals surface area contributed by atoms with Crippen molar-refractivity contribution in [2.75, 3.05) is 12.8 Å². The average molecular weight is 235 g/mol. The minimum absolute atomic E-state index is 0.193. The van der Waals surface area contributed by atoms with E-state index in [9.17, 15) is 4.79 Å². The fourth-order valence-corrected chi connectivity index (χ4v) is 2.13. The van der Waals surface area contributed by atoms with Gasteiger partial charge in [-0.25, -0.2) is 0 Å². The third kappa shape index (κ3) is 3.75. The molecular formula is C13H21N3O. The molecule has 94 valence electrons. The number of likely N-dealkylation sites (N-methyl/N-ethyl adjacent to an activating group) is 1. The lowest BCUT2D eigenvalue weighted by atomic mass is 10.0. The van der Waals surface area contributed by atoms with Crippen LogP contribution >= 0.6 is 0 Å².